The van der Waals surface area contributed by atoms with Crippen molar-refractivity contribution in [1.82, 2.24) is 0 Å². The summed E-state index contributed by atoms with van der Waals surface area (Å²) in [6.07, 6.45) is 2.09. The Bertz CT molecular complexity index is 292. The van der Waals surface area contributed by atoms with Gasteiger partial charge in [0.05, 0.1) is 5.54 Å². The minimum absolute atomic E-state index is 0.347. The first-order valence-electron chi connectivity index (χ1n) is 4.53. The SMILES string of the molecule is CC(C)=CC(C)(N)c1ccccc1. The van der Waals surface area contributed by atoms with Crippen LogP contribution in [0.15, 0.2) is 42.0 Å². The number of allylic oxidation sites excluding steroid dienone is 1. The summed E-state index contributed by atoms with van der Waals surface area (Å²) in [5.74, 6) is 0. The number of hydrogen-bond acceptors (Lipinski definition) is 1. The Morgan fingerprint density at radius 3 is 2.23 bits per heavy atom. The predicted octanol–water partition coefficient (Wildman–Crippen LogP) is 2.83. The molecule has 0 spiro atoms. The smallest absolute Gasteiger partial charge is 0.0569 e. The van der Waals surface area contributed by atoms with E-state index in [9.17, 15) is 0 Å². The highest BCUT2D eigenvalue weighted by Crippen LogP contribution is 2.19. The van der Waals surface area contributed by atoms with Gasteiger partial charge in [-0.25, -0.2) is 0 Å². The molecule has 1 aromatic carbocycles. The van der Waals surface area contributed by atoms with Crippen molar-refractivity contribution in [3.63, 3.8) is 0 Å². The third-order valence-electron chi connectivity index (χ3n) is 1.98. The topological polar surface area (TPSA) is 26.0 Å². The van der Waals surface area contributed by atoms with Gasteiger partial charge in [0.2, 0.25) is 0 Å². The molecule has 0 radical (unpaired) electrons. The van der Waals surface area contributed by atoms with Gasteiger partial charge in [-0.2, -0.15) is 0 Å². The second kappa shape index (κ2) is 3.75. The van der Waals surface area contributed by atoms with Gasteiger partial charge in [-0.05, 0) is 26.3 Å². The predicted molar refractivity (Wildman–Crippen MR) is 57.4 cm³/mol. The van der Waals surface area contributed by atoms with Gasteiger partial charge in [0.25, 0.3) is 0 Å². The molecule has 0 aliphatic heterocycles. The average molecular weight is 175 g/mol. The molecule has 1 rings (SSSR count). The van der Waals surface area contributed by atoms with Gasteiger partial charge in [-0.1, -0.05) is 42.0 Å². The molecule has 1 heteroatoms. The Labute approximate surface area is 80.3 Å². The van der Waals surface area contributed by atoms with Gasteiger partial charge in [0, 0.05) is 0 Å². The summed E-state index contributed by atoms with van der Waals surface area (Å²) in [4.78, 5) is 0. The molecule has 70 valence electrons. The quantitative estimate of drug-likeness (QED) is 0.687. The Morgan fingerprint density at radius 2 is 1.77 bits per heavy atom. The summed E-state index contributed by atoms with van der Waals surface area (Å²) < 4.78 is 0. The van der Waals surface area contributed by atoms with Crippen molar-refractivity contribution in [2.24, 2.45) is 5.73 Å². The number of benzene rings is 1. The molecule has 0 aliphatic carbocycles. The van der Waals surface area contributed by atoms with Crippen LogP contribution < -0.4 is 5.73 Å². The van der Waals surface area contributed by atoms with Crippen LogP contribution in [0.1, 0.15) is 26.3 Å². The van der Waals surface area contributed by atoms with Gasteiger partial charge in [0.1, 0.15) is 0 Å². The average Bonchev–Trinajstić information content (AvgIpc) is 2.04. The van der Waals surface area contributed by atoms with Gasteiger partial charge in [-0.3, -0.25) is 0 Å². The Hall–Kier alpha value is -1.08. The van der Waals surface area contributed by atoms with Crippen LogP contribution in [-0.4, -0.2) is 0 Å². The van der Waals surface area contributed by atoms with Crippen LogP contribution in [0.5, 0.6) is 0 Å². The maximum Gasteiger partial charge on any atom is 0.0569 e. The second-order valence-electron chi connectivity index (χ2n) is 3.87. The van der Waals surface area contributed by atoms with E-state index in [-0.39, 0.29) is 5.54 Å². The van der Waals surface area contributed by atoms with Crippen LogP contribution in [0.4, 0.5) is 0 Å². The lowest BCUT2D eigenvalue weighted by Gasteiger charge is -2.21. The van der Waals surface area contributed by atoms with Crippen LogP contribution >= 0.6 is 0 Å². The Kier molecular flexibility index (Phi) is 2.89. The molecular weight excluding hydrogens is 158 g/mol. The van der Waals surface area contributed by atoms with Crippen LogP contribution in [0.2, 0.25) is 0 Å². The van der Waals surface area contributed by atoms with Crippen molar-refractivity contribution in [2.45, 2.75) is 26.3 Å². The van der Waals surface area contributed by atoms with E-state index in [0.29, 0.717) is 0 Å². The summed E-state index contributed by atoms with van der Waals surface area (Å²) >= 11 is 0. The largest absolute Gasteiger partial charge is 0.318 e. The number of hydrogen-bond donors (Lipinski definition) is 1. The zero-order valence-electron chi connectivity index (χ0n) is 8.54. The molecule has 0 bridgehead atoms. The maximum atomic E-state index is 6.16. The van der Waals surface area contributed by atoms with Crippen LogP contribution in [-0.2, 0) is 5.54 Å². The molecule has 0 fully saturated rings. The molecule has 0 saturated heterocycles. The first kappa shape index (κ1) is 10.0. The third kappa shape index (κ3) is 2.71. The van der Waals surface area contributed by atoms with Gasteiger partial charge in [0.15, 0.2) is 0 Å². The first-order chi connectivity index (χ1) is 6.02. The highest BCUT2D eigenvalue weighted by atomic mass is 14.7. The molecule has 0 amide bonds. The summed E-state index contributed by atoms with van der Waals surface area (Å²) in [6, 6.07) is 10.1. The molecule has 1 unspecified atom stereocenters. The molecule has 1 nitrogen and oxygen atoms in total. The second-order valence-corrected chi connectivity index (χ2v) is 3.87. The van der Waals surface area contributed by atoms with Crippen molar-refractivity contribution in [1.29, 1.82) is 0 Å². The third-order valence-corrected chi connectivity index (χ3v) is 1.98. The fourth-order valence-electron chi connectivity index (χ4n) is 1.48. The van der Waals surface area contributed by atoms with E-state index in [2.05, 4.69) is 32.1 Å². The van der Waals surface area contributed by atoms with Crippen molar-refractivity contribution < 1.29 is 0 Å². The van der Waals surface area contributed by atoms with Crippen molar-refractivity contribution in [2.75, 3.05) is 0 Å². The monoisotopic (exact) mass is 175 g/mol. The zero-order chi connectivity index (χ0) is 9.90. The number of nitrogens with two attached hydrogens (primary N) is 1. The fraction of sp³-hybridized carbons (Fsp3) is 0.333. The molecule has 0 aliphatic rings. The van der Waals surface area contributed by atoms with E-state index in [4.69, 9.17) is 5.73 Å². The van der Waals surface area contributed by atoms with E-state index >= 15 is 0 Å². The summed E-state index contributed by atoms with van der Waals surface area (Å²) in [5, 5.41) is 0. The molecule has 0 saturated carbocycles. The summed E-state index contributed by atoms with van der Waals surface area (Å²) in [6.45, 7) is 6.15. The molecule has 2 N–H and O–H groups in total. The van der Waals surface area contributed by atoms with Crippen LogP contribution in [0, 0.1) is 0 Å². The molecule has 0 heterocycles. The van der Waals surface area contributed by atoms with E-state index < -0.39 is 0 Å². The molecule has 1 atom stereocenters. The molecular formula is C12H17N. The first-order valence-corrected chi connectivity index (χ1v) is 4.53. The Balaban J connectivity index is 3.01. The lowest BCUT2D eigenvalue weighted by atomic mass is 9.91. The van der Waals surface area contributed by atoms with Gasteiger partial charge >= 0.3 is 0 Å². The summed E-state index contributed by atoms with van der Waals surface area (Å²) in [7, 11) is 0. The fourth-order valence-corrected chi connectivity index (χ4v) is 1.48. The van der Waals surface area contributed by atoms with Crippen LogP contribution in [0.3, 0.4) is 0 Å². The molecule has 1 aromatic rings. The minimum atomic E-state index is -0.347. The molecule has 0 aromatic heterocycles. The number of rotatable bonds is 2. The van der Waals surface area contributed by atoms with Gasteiger partial charge in [-0.15, -0.1) is 0 Å². The normalized spacial score (nSPS) is 14.8. The summed E-state index contributed by atoms with van der Waals surface area (Å²) in [5.41, 5.74) is 8.21. The minimum Gasteiger partial charge on any atom is -0.318 e. The highest BCUT2D eigenvalue weighted by molar-refractivity contribution is 5.29. The lowest BCUT2D eigenvalue weighted by molar-refractivity contribution is 0.625. The lowest BCUT2D eigenvalue weighted by Crippen LogP contribution is -2.30. The van der Waals surface area contributed by atoms with Crippen molar-refractivity contribution in [3.05, 3.63) is 47.5 Å². The van der Waals surface area contributed by atoms with Crippen molar-refractivity contribution in [3.8, 4) is 0 Å². The van der Waals surface area contributed by atoms with E-state index in [1.807, 2.05) is 25.1 Å². The van der Waals surface area contributed by atoms with E-state index in [1.54, 1.807) is 0 Å². The molecule has 13 heavy (non-hydrogen) atoms. The standard InChI is InChI=1S/C12H17N/c1-10(2)9-12(3,13)11-7-5-4-6-8-11/h4-9H,13H2,1-3H3. The highest BCUT2D eigenvalue weighted by Gasteiger charge is 2.16. The maximum absolute atomic E-state index is 6.16. The van der Waals surface area contributed by atoms with Crippen LogP contribution in [0.25, 0.3) is 0 Å². The van der Waals surface area contributed by atoms with Crippen molar-refractivity contribution >= 4 is 0 Å². The van der Waals surface area contributed by atoms with Gasteiger partial charge < -0.3 is 5.73 Å². The van der Waals surface area contributed by atoms with E-state index in [1.165, 1.54) is 5.57 Å². The Morgan fingerprint density at radius 1 is 1.23 bits per heavy atom. The zero-order valence-corrected chi connectivity index (χ0v) is 8.54. The van der Waals surface area contributed by atoms with E-state index in [0.717, 1.165) is 5.56 Å².